The van der Waals surface area contributed by atoms with Crippen molar-refractivity contribution in [2.75, 3.05) is 14.2 Å². The molecule has 0 aromatic heterocycles. The first-order valence-corrected chi connectivity index (χ1v) is 7.18. The van der Waals surface area contributed by atoms with E-state index in [0.29, 0.717) is 11.1 Å². The van der Waals surface area contributed by atoms with Crippen LogP contribution in [0.1, 0.15) is 24.9 Å². The summed E-state index contributed by atoms with van der Waals surface area (Å²) in [4.78, 5) is 0. The van der Waals surface area contributed by atoms with E-state index in [9.17, 15) is 0 Å². The van der Waals surface area contributed by atoms with Crippen molar-refractivity contribution in [3.8, 4) is 16.9 Å². The van der Waals surface area contributed by atoms with Gasteiger partial charge in [0.1, 0.15) is 5.75 Å². The van der Waals surface area contributed by atoms with E-state index < -0.39 is 0 Å². The quantitative estimate of drug-likeness (QED) is 0.862. The van der Waals surface area contributed by atoms with Crippen molar-refractivity contribution in [1.29, 1.82) is 0 Å². The second-order valence-corrected chi connectivity index (χ2v) is 5.15. The highest BCUT2D eigenvalue weighted by molar-refractivity contribution is 6.31. The molecular formula is C17H20ClNO. The molecule has 1 N–H and O–H groups in total. The molecule has 0 saturated carbocycles. The lowest BCUT2D eigenvalue weighted by Crippen LogP contribution is -2.14. The van der Waals surface area contributed by atoms with Crippen molar-refractivity contribution in [2.45, 2.75) is 19.4 Å². The minimum absolute atomic E-state index is 0.394. The predicted molar refractivity (Wildman–Crippen MR) is 85.5 cm³/mol. The summed E-state index contributed by atoms with van der Waals surface area (Å²) >= 11 is 6.08. The zero-order valence-corrected chi connectivity index (χ0v) is 12.9. The average Bonchev–Trinajstić information content (AvgIpc) is 2.49. The second-order valence-electron chi connectivity index (χ2n) is 4.72. The van der Waals surface area contributed by atoms with Crippen molar-refractivity contribution in [3.05, 3.63) is 53.1 Å². The fourth-order valence-electron chi connectivity index (χ4n) is 2.41. The van der Waals surface area contributed by atoms with Crippen LogP contribution in [0.3, 0.4) is 0 Å². The van der Waals surface area contributed by atoms with E-state index in [-0.39, 0.29) is 0 Å². The summed E-state index contributed by atoms with van der Waals surface area (Å²) < 4.78 is 5.40. The Balaban J connectivity index is 2.37. The first-order chi connectivity index (χ1) is 9.69. The minimum Gasteiger partial charge on any atom is -0.496 e. The average molecular weight is 290 g/mol. The number of nitrogens with one attached hydrogen (secondary N) is 1. The maximum absolute atomic E-state index is 6.08. The molecular weight excluding hydrogens is 270 g/mol. The summed E-state index contributed by atoms with van der Waals surface area (Å²) in [6.45, 7) is 2.18. The monoisotopic (exact) mass is 289 g/mol. The molecule has 0 spiro atoms. The van der Waals surface area contributed by atoms with Gasteiger partial charge in [0.2, 0.25) is 0 Å². The highest BCUT2D eigenvalue weighted by atomic mass is 35.5. The van der Waals surface area contributed by atoms with Crippen LogP contribution in [0.25, 0.3) is 11.1 Å². The van der Waals surface area contributed by atoms with Gasteiger partial charge in [-0.1, -0.05) is 42.8 Å². The Kier molecular flexibility index (Phi) is 5.05. The van der Waals surface area contributed by atoms with Crippen molar-refractivity contribution in [3.63, 3.8) is 0 Å². The van der Waals surface area contributed by atoms with Crippen LogP contribution in [0.2, 0.25) is 5.02 Å². The van der Waals surface area contributed by atoms with Crippen LogP contribution in [0.5, 0.6) is 5.75 Å². The molecule has 1 atom stereocenters. The Labute approximate surface area is 125 Å². The summed E-state index contributed by atoms with van der Waals surface area (Å²) in [5.74, 6) is 0.836. The van der Waals surface area contributed by atoms with Gasteiger partial charge in [-0.25, -0.2) is 0 Å². The standard InChI is InChI=1S/C17H20ClNO/c1-4-16(19-2)13-7-5-12(6-8-13)15-11-14(18)9-10-17(15)20-3/h5-11,16,19H,4H2,1-3H3. The van der Waals surface area contributed by atoms with E-state index in [4.69, 9.17) is 16.3 Å². The van der Waals surface area contributed by atoms with E-state index in [1.54, 1.807) is 7.11 Å². The van der Waals surface area contributed by atoms with E-state index in [1.807, 2.05) is 25.2 Å². The molecule has 0 heterocycles. The zero-order valence-electron chi connectivity index (χ0n) is 12.1. The van der Waals surface area contributed by atoms with Gasteiger partial charge in [0.15, 0.2) is 0 Å². The van der Waals surface area contributed by atoms with Crippen LogP contribution in [-0.2, 0) is 0 Å². The fourth-order valence-corrected chi connectivity index (χ4v) is 2.58. The molecule has 0 fully saturated rings. The van der Waals surface area contributed by atoms with Crippen molar-refractivity contribution < 1.29 is 4.74 Å². The Morgan fingerprint density at radius 2 is 1.85 bits per heavy atom. The van der Waals surface area contributed by atoms with Crippen LogP contribution >= 0.6 is 11.6 Å². The molecule has 0 aliphatic carbocycles. The van der Waals surface area contributed by atoms with Gasteiger partial charge in [-0.15, -0.1) is 0 Å². The molecule has 2 rings (SSSR count). The third-order valence-corrected chi connectivity index (χ3v) is 3.78. The van der Waals surface area contributed by atoms with Crippen LogP contribution in [-0.4, -0.2) is 14.2 Å². The molecule has 2 aromatic rings. The molecule has 0 aliphatic heterocycles. The van der Waals surface area contributed by atoms with Crippen LogP contribution < -0.4 is 10.1 Å². The van der Waals surface area contributed by atoms with Gasteiger partial charge in [-0.05, 0) is 42.8 Å². The number of benzene rings is 2. The Morgan fingerprint density at radius 1 is 1.15 bits per heavy atom. The summed E-state index contributed by atoms with van der Waals surface area (Å²) in [6, 6.07) is 14.6. The van der Waals surface area contributed by atoms with Gasteiger partial charge in [0.05, 0.1) is 7.11 Å². The Bertz CT molecular complexity index is 562. The maximum Gasteiger partial charge on any atom is 0.126 e. The number of rotatable bonds is 5. The van der Waals surface area contributed by atoms with Crippen LogP contribution in [0, 0.1) is 0 Å². The Hall–Kier alpha value is -1.51. The summed E-state index contributed by atoms with van der Waals surface area (Å²) in [7, 11) is 3.66. The lowest BCUT2D eigenvalue weighted by atomic mass is 9.99. The number of hydrogen-bond donors (Lipinski definition) is 1. The van der Waals surface area contributed by atoms with Gasteiger partial charge in [-0.2, -0.15) is 0 Å². The Morgan fingerprint density at radius 3 is 2.40 bits per heavy atom. The van der Waals surface area contributed by atoms with Gasteiger partial charge >= 0.3 is 0 Å². The van der Waals surface area contributed by atoms with Crippen LogP contribution in [0.4, 0.5) is 0 Å². The number of methoxy groups -OCH3 is 1. The third kappa shape index (κ3) is 3.14. The second kappa shape index (κ2) is 6.78. The number of hydrogen-bond acceptors (Lipinski definition) is 2. The zero-order chi connectivity index (χ0) is 14.5. The molecule has 3 heteroatoms. The van der Waals surface area contributed by atoms with E-state index >= 15 is 0 Å². The highest BCUT2D eigenvalue weighted by Crippen LogP contribution is 2.33. The smallest absolute Gasteiger partial charge is 0.126 e. The molecule has 2 aromatic carbocycles. The number of halogens is 1. The van der Waals surface area contributed by atoms with Crippen molar-refractivity contribution >= 4 is 11.6 Å². The molecule has 0 amide bonds. The van der Waals surface area contributed by atoms with Crippen LogP contribution in [0.15, 0.2) is 42.5 Å². The van der Waals surface area contributed by atoms with Crippen molar-refractivity contribution in [1.82, 2.24) is 5.32 Å². The van der Waals surface area contributed by atoms with Gasteiger partial charge in [0, 0.05) is 16.6 Å². The fraction of sp³-hybridized carbons (Fsp3) is 0.294. The molecule has 106 valence electrons. The van der Waals surface area contributed by atoms with E-state index in [1.165, 1.54) is 5.56 Å². The lowest BCUT2D eigenvalue weighted by Gasteiger charge is -2.15. The SMILES string of the molecule is CCC(NC)c1ccc(-c2cc(Cl)ccc2OC)cc1. The summed E-state index contributed by atoms with van der Waals surface area (Å²) in [5.41, 5.74) is 3.42. The molecule has 2 nitrogen and oxygen atoms in total. The highest BCUT2D eigenvalue weighted by Gasteiger charge is 2.09. The molecule has 0 aliphatic rings. The summed E-state index contributed by atoms with van der Waals surface area (Å²) in [6.07, 6.45) is 1.07. The molecule has 0 saturated heterocycles. The van der Waals surface area contributed by atoms with Gasteiger partial charge in [0.25, 0.3) is 0 Å². The van der Waals surface area contributed by atoms with E-state index in [2.05, 4.69) is 36.5 Å². The molecule has 0 bridgehead atoms. The predicted octanol–water partition coefficient (Wildman–Crippen LogP) is 4.69. The normalized spacial score (nSPS) is 12.2. The largest absolute Gasteiger partial charge is 0.496 e. The molecule has 1 unspecified atom stereocenters. The maximum atomic E-state index is 6.08. The lowest BCUT2D eigenvalue weighted by molar-refractivity contribution is 0.416. The first kappa shape index (κ1) is 14.9. The number of ether oxygens (including phenoxy) is 1. The topological polar surface area (TPSA) is 21.3 Å². The first-order valence-electron chi connectivity index (χ1n) is 6.80. The minimum atomic E-state index is 0.394. The van der Waals surface area contributed by atoms with Gasteiger partial charge in [-0.3, -0.25) is 0 Å². The van der Waals surface area contributed by atoms with Crippen molar-refractivity contribution in [2.24, 2.45) is 0 Å². The summed E-state index contributed by atoms with van der Waals surface area (Å²) in [5, 5.41) is 4.03. The van der Waals surface area contributed by atoms with E-state index in [0.717, 1.165) is 23.3 Å². The molecule has 20 heavy (non-hydrogen) atoms. The third-order valence-electron chi connectivity index (χ3n) is 3.54. The van der Waals surface area contributed by atoms with Gasteiger partial charge < -0.3 is 10.1 Å². The molecule has 0 radical (unpaired) electrons.